The minimum atomic E-state index is 0.528. The normalized spacial score (nSPS) is 9.67. The first-order chi connectivity index (χ1) is 7.38. The monoisotopic (exact) mass is 201 g/mol. The maximum absolute atomic E-state index is 5.53. The molecule has 0 N–H and O–H groups in total. The van der Waals surface area contributed by atoms with E-state index >= 15 is 0 Å². The smallest absolute Gasteiger partial charge is 0.222 e. The van der Waals surface area contributed by atoms with Gasteiger partial charge in [-0.15, -0.1) is 0 Å². The van der Waals surface area contributed by atoms with Crippen molar-refractivity contribution in [3.05, 3.63) is 48.5 Å². The topological polar surface area (TPSA) is 31.4 Å². The van der Waals surface area contributed by atoms with Gasteiger partial charge in [0.2, 0.25) is 11.8 Å². The Morgan fingerprint density at radius 1 is 0.867 bits per heavy atom. The van der Waals surface area contributed by atoms with E-state index < -0.39 is 0 Å². The third-order valence-electron chi connectivity index (χ3n) is 1.87. The van der Waals surface area contributed by atoms with Crippen LogP contribution in [0.15, 0.2) is 48.5 Å². The maximum atomic E-state index is 5.53. The van der Waals surface area contributed by atoms with Gasteiger partial charge < -0.3 is 9.47 Å². The molecule has 1 heterocycles. The summed E-state index contributed by atoms with van der Waals surface area (Å²) in [5.74, 6) is 1.84. The number of aromatic nitrogens is 1. The van der Waals surface area contributed by atoms with E-state index in [1.54, 1.807) is 19.2 Å². The van der Waals surface area contributed by atoms with E-state index in [1.807, 2.05) is 36.4 Å². The van der Waals surface area contributed by atoms with E-state index in [4.69, 9.17) is 9.47 Å². The lowest BCUT2D eigenvalue weighted by atomic mass is 10.3. The molecule has 3 heteroatoms. The van der Waals surface area contributed by atoms with E-state index in [2.05, 4.69) is 4.98 Å². The molecule has 76 valence electrons. The average Bonchev–Trinajstić information content (AvgIpc) is 2.31. The van der Waals surface area contributed by atoms with Crippen LogP contribution in [0.4, 0.5) is 0 Å². The Morgan fingerprint density at radius 3 is 2.33 bits per heavy atom. The van der Waals surface area contributed by atoms with Crippen LogP contribution < -0.4 is 9.47 Å². The van der Waals surface area contributed by atoms with E-state index in [-0.39, 0.29) is 0 Å². The number of hydrogen-bond acceptors (Lipinski definition) is 3. The molecular formula is C12H11NO2. The van der Waals surface area contributed by atoms with Crippen LogP contribution in [0.2, 0.25) is 0 Å². The lowest BCUT2D eigenvalue weighted by molar-refractivity contribution is 0.383. The first-order valence-corrected chi connectivity index (χ1v) is 4.62. The van der Waals surface area contributed by atoms with Crippen molar-refractivity contribution in [2.24, 2.45) is 0 Å². The molecule has 15 heavy (non-hydrogen) atoms. The Hall–Kier alpha value is -2.03. The number of hydrogen-bond donors (Lipinski definition) is 0. The van der Waals surface area contributed by atoms with Crippen molar-refractivity contribution in [2.45, 2.75) is 0 Å². The van der Waals surface area contributed by atoms with E-state index in [1.165, 1.54) is 0 Å². The van der Waals surface area contributed by atoms with Gasteiger partial charge in [0, 0.05) is 12.1 Å². The molecule has 0 aliphatic rings. The number of benzene rings is 1. The summed E-state index contributed by atoms with van der Waals surface area (Å²) in [4.78, 5) is 4.14. The minimum absolute atomic E-state index is 0.528. The second-order valence-corrected chi connectivity index (χ2v) is 2.93. The number of rotatable bonds is 3. The third kappa shape index (κ3) is 2.47. The van der Waals surface area contributed by atoms with Crippen molar-refractivity contribution in [3.63, 3.8) is 0 Å². The van der Waals surface area contributed by atoms with Gasteiger partial charge in [-0.3, -0.25) is 0 Å². The van der Waals surface area contributed by atoms with Gasteiger partial charge in [0.05, 0.1) is 7.11 Å². The number of methoxy groups -OCH3 is 1. The van der Waals surface area contributed by atoms with Gasteiger partial charge in [-0.05, 0) is 12.1 Å². The number of ether oxygens (including phenoxy) is 2. The highest BCUT2D eigenvalue weighted by atomic mass is 16.5. The largest absolute Gasteiger partial charge is 0.481 e. The summed E-state index contributed by atoms with van der Waals surface area (Å²) in [7, 11) is 1.58. The second-order valence-electron chi connectivity index (χ2n) is 2.93. The van der Waals surface area contributed by atoms with Gasteiger partial charge in [-0.2, -0.15) is 4.98 Å². The van der Waals surface area contributed by atoms with Crippen molar-refractivity contribution in [1.82, 2.24) is 4.98 Å². The molecule has 0 unspecified atom stereocenters. The summed E-state index contributed by atoms with van der Waals surface area (Å²) in [6.45, 7) is 0. The van der Waals surface area contributed by atoms with Crippen molar-refractivity contribution >= 4 is 0 Å². The highest BCUT2D eigenvalue weighted by Crippen LogP contribution is 2.20. The van der Waals surface area contributed by atoms with E-state index in [9.17, 15) is 0 Å². The Balaban J connectivity index is 2.17. The van der Waals surface area contributed by atoms with Crippen LogP contribution in [0, 0.1) is 0 Å². The first-order valence-electron chi connectivity index (χ1n) is 4.62. The Labute approximate surface area is 88.3 Å². The molecule has 0 saturated carbocycles. The molecule has 3 nitrogen and oxygen atoms in total. The van der Waals surface area contributed by atoms with Gasteiger partial charge in [0.1, 0.15) is 5.75 Å². The van der Waals surface area contributed by atoms with Crippen LogP contribution >= 0.6 is 0 Å². The molecule has 0 fully saturated rings. The molecule has 0 bridgehead atoms. The molecule has 0 amide bonds. The van der Waals surface area contributed by atoms with Gasteiger partial charge in [-0.1, -0.05) is 24.3 Å². The molecule has 0 radical (unpaired) electrons. The van der Waals surface area contributed by atoms with Crippen LogP contribution in [-0.4, -0.2) is 12.1 Å². The van der Waals surface area contributed by atoms with Gasteiger partial charge in [-0.25, -0.2) is 0 Å². The SMILES string of the molecule is COc1cccc(Oc2ccccc2)n1. The summed E-state index contributed by atoms with van der Waals surface area (Å²) in [6.07, 6.45) is 0. The molecule has 1 aromatic heterocycles. The van der Waals surface area contributed by atoms with Crippen LogP contribution in [0.1, 0.15) is 0 Å². The Kier molecular flexibility index (Phi) is 2.83. The Bertz CT molecular complexity index is 429. The van der Waals surface area contributed by atoms with Crippen molar-refractivity contribution < 1.29 is 9.47 Å². The van der Waals surface area contributed by atoms with Gasteiger partial charge in [0.15, 0.2) is 0 Å². The summed E-state index contributed by atoms with van der Waals surface area (Å²) in [6, 6.07) is 14.9. The van der Waals surface area contributed by atoms with Gasteiger partial charge in [0.25, 0.3) is 0 Å². The summed E-state index contributed by atoms with van der Waals surface area (Å²) >= 11 is 0. The Morgan fingerprint density at radius 2 is 1.60 bits per heavy atom. The lowest BCUT2D eigenvalue weighted by Crippen LogP contribution is -1.90. The lowest BCUT2D eigenvalue weighted by Gasteiger charge is -2.05. The molecule has 0 spiro atoms. The summed E-state index contributed by atoms with van der Waals surface area (Å²) in [5, 5.41) is 0. The molecule has 2 rings (SSSR count). The molecular weight excluding hydrogens is 190 g/mol. The molecule has 0 aliphatic carbocycles. The maximum Gasteiger partial charge on any atom is 0.222 e. The standard InChI is InChI=1S/C12H11NO2/c1-14-11-8-5-9-12(13-11)15-10-6-3-2-4-7-10/h2-9H,1H3. The molecule has 2 aromatic rings. The molecule has 1 aromatic carbocycles. The summed E-state index contributed by atoms with van der Waals surface area (Å²) < 4.78 is 10.5. The van der Waals surface area contributed by atoms with Crippen LogP contribution in [0.25, 0.3) is 0 Å². The predicted octanol–water partition coefficient (Wildman–Crippen LogP) is 2.88. The zero-order valence-electron chi connectivity index (χ0n) is 8.38. The van der Waals surface area contributed by atoms with Crippen LogP contribution in [-0.2, 0) is 0 Å². The van der Waals surface area contributed by atoms with Gasteiger partial charge >= 0.3 is 0 Å². The van der Waals surface area contributed by atoms with E-state index in [0.717, 1.165) is 5.75 Å². The first kappa shape index (κ1) is 9.52. The van der Waals surface area contributed by atoms with Crippen molar-refractivity contribution in [3.8, 4) is 17.5 Å². The molecule has 0 saturated heterocycles. The zero-order valence-corrected chi connectivity index (χ0v) is 8.38. The predicted molar refractivity (Wildman–Crippen MR) is 57.3 cm³/mol. The summed E-state index contributed by atoms with van der Waals surface area (Å²) in [5.41, 5.74) is 0. The zero-order chi connectivity index (χ0) is 10.5. The van der Waals surface area contributed by atoms with E-state index in [0.29, 0.717) is 11.8 Å². The minimum Gasteiger partial charge on any atom is -0.481 e. The van der Waals surface area contributed by atoms with Crippen LogP contribution in [0.3, 0.4) is 0 Å². The number of para-hydroxylation sites is 1. The van der Waals surface area contributed by atoms with Crippen LogP contribution in [0.5, 0.6) is 17.5 Å². The molecule has 0 aliphatic heterocycles. The van der Waals surface area contributed by atoms with Crippen molar-refractivity contribution in [1.29, 1.82) is 0 Å². The fourth-order valence-corrected chi connectivity index (χ4v) is 1.18. The highest BCUT2D eigenvalue weighted by Gasteiger charge is 1.99. The third-order valence-corrected chi connectivity index (χ3v) is 1.87. The quantitative estimate of drug-likeness (QED) is 0.765. The average molecular weight is 201 g/mol. The molecule has 0 atom stereocenters. The highest BCUT2D eigenvalue weighted by molar-refractivity contribution is 5.28. The fourth-order valence-electron chi connectivity index (χ4n) is 1.18. The second kappa shape index (κ2) is 4.46. The number of nitrogens with zero attached hydrogens (tertiary/aromatic N) is 1. The fraction of sp³-hybridized carbons (Fsp3) is 0.0833. The van der Waals surface area contributed by atoms with Crippen molar-refractivity contribution in [2.75, 3.05) is 7.11 Å². The number of pyridine rings is 1.